The van der Waals surface area contributed by atoms with Gasteiger partial charge >= 0.3 is 0 Å². The molecule has 9 N–H and O–H groups in total. The highest BCUT2D eigenvalue weighted by molar-refractivity contribution is 4.93. The number of unbranched alkanes of at least 4 members (excludes halogenated alkanes) is 5. The lowest BCUT2D eigenvalue weighted by Crippen LogP contribution is -2.44. The van der Waals surface area contributed by atoms with E-state index in [1.807, 2.05) is 0 Å². The van der Waals surface area contributed by atoms with Crippen molar-refractivity contribution in [3.63, 3.8) is 0 Å². The molecule has 0 amide bonds. The molecule has 3 fully saturated rings. The highest BCUT2D eigenvalue weighted by Gasteiger charge is 2.51. The van der Waals surface area contributed by atoms with Crippen molar-refractivity contribution >= 4 is 0 Å². The second kappa shape index (κ2) is 14.6. The molecule has 3 aliphatic heterocycles. The Labute approximate surface area is 211 Å². The van der Waals surface area contributed by atoms with E-state index in [0.29, 0.717) is 6.61 Å². The van der Waals surface area contributed by atoms with Gasteiger partial charge in [-0.1, -0.05) is 39.0 Å². The smallest absolute Gasteiger partial charge is 0.187 e. The molecule has 0 bridgehead atoms. The van der Waals surface area contributed by atoms with Crippen LogP contribution in [0.5, 0.6) is 0 Å². The maximum atomic E-state index is 10.9. The monoisotopic (exact) mass is 524 g/mol. The van der Waals surface area contributed by atoms with Crippen LogP contribution in [0.1, 0.15) is 45.4 Å². The molecule has 3 heterocycles. The van der Waals surface area contributed by atoms with Crippen LogP contribution in [0.25, 0.3) is 0 Å². The highest BCUT2D eigenvalue weighted by Crippen LogP contribution is 2.32. The predicted molar refractivity (Wildman–Crippen MR) is 124 cm³/mol. The van der Waals surface area contributed by atoms with E-state index >= 15 is 0 Å². The Morgan fingerprint density at radius 1 is 0.611 bits per heavy atom. The van der Waals surface area contributed by atoms with Crippen LogP contribution in [0, 0.1) is 0 Å². The van der Waals surface area contributed by atoms with Crippen molar-refractivity contribution in [1.82, 2.24) is 0 Å². The summed E-state index contributed by atoms with van der Waals surface area (Å²) >= 11 is 0. The Morgan fingerprint density at radius 2 is 1.14 bits per heavy atom. The quantitative estimate of drug-likeness (QED) is 0.112. The molecule has 13 heteroatoms. The lowest BCUT2D eigenvalue weighted by atomic mass is 10.1. The van der Waals surface area contributed by atoms with Crippen molar-refractivity contribution in [1.29, 1.82) is 0 Å². The van der Waals surface area contributed by atoms with Gasteiger partial charge in [-0.05, 0) is 6.42 Å². The summed E-state index contributed by atoms with van der Waals surface area (Å²) in [6, 6.07) is 0. The van der Waals surface area contributed by atoms with Crippen molar-refractivity contribution in [3.8, 4) is 0 Å². The maximum absolute atomic E-state index is 10.9. The first-order chi connectivity index (χ1) is 17.3. The van der Waals surface area contributed by atoms with E-state index in [2.05, 4.69) is 6.92 Å². The molecule has 0 aliphatic carbocycles. The Hall–Kier alpha value is -0.520. The van der Waals surface area contributed by atoms with Gasteiger partial charge in [0.25, 0.3) is 0 Å². The van der Waals surface area contributed by atoms with Crippen molar-refractivity contribution in [2.45, 2.75) is 119 Å². The van der Waals surface area contributed by atoms with Gasteiger partial charge in [-0.3, -0.25) is 0 Å². The van der Waals surface area contributed by atoms with Crippen LogP contribution in [-0.4, -0.2) is 126 Å². The number of ether oxygens (including phenoxy) is 6. The summed E-state index contributed by atoms with van der Waals surface area (Å²) in [5.41, 5.74) is 11.1. The molecule has 0 aromatic carbocycles. The molecule has 3 saturated heterocycles. The molecule has 3 rings (SSSR count). The topological polar surface area (TPSA) is 209 Å². The first kappa shape index (κ1) is 30.0. The number of nitrogens with two attached hydrogens (primary N) is 2. The van der Waals surface area contributed by atoms with E-state index in [1.54, 1.807) is 0 Å². The van der Waals surface area contributed by atoms with Gasteiger partial charge in [0.1, 0.15) is 54.9 Å². The molecule has 13 nitrogen and oxygen atoms in total. The van der Waals surface area contributed by atoms with Crippen LogP contribution < -0.4 is 11.5 Å². The Morgan fingerprint density at radius 3 is 1.75 bits per heavy atom. The van der Waals surface area contributed by atoms with Crippen LogP contribution >= 0.6 is 0 Å². The molecule has 0 radical (unpaired) electrons. The minimum absolute atomic E-state index is 0.00162. The first-order valence-electron chi connectivity index (χ1n) is 13.0. The molecule has 0 saturated carbocycles. The molecule has 0 unspecified atom stereocenters. The van der Waals surface area contributed by atoms with E-state index in [1.165, 1.54) is 19.3 Å². The summed E-state index contributed by atoms with van der Waals surface area (Å²) in [5.74, 6) is 0. The van der Waals surface area contributed by atoms with Crippen molar-refractivity contribution in [3.05, 3.63) is 0 Å². The summed E-state index contributed by atoms with van der Waals surface area (Å²) < 4.78 is 34.0. The van der Waals surface area contributed by atoms with E-state index < -0.39 is 73.8 Å². The second-order valence-corrected chi connectivity index (χ2v) is 9.63. The minimum Gasteiger partial charge on any atom is -0.387 e. The summed E-state index contributed by atoms with van der Waals surface area (Å²) in [6.07, 6.45) is -6.95. The van der Waals surface area contributed by atoms with Crippen LogP contribution in [0.2, 0.25) is 0 Å². The molecule has 0 aromatic heterocycles. The zero-order valence-electron chi connectivity index (χ0n) is 20.8. The lowest BCUT2D eigenvalue weighted by Gasteiger charge is -2.26. The van der Waals surface area contributed by atoms with Crippen LogP contribution in [-0.2, 0) is 28.4 Å². The second-order valence-electron chi connectivity index (χ2n) is 9.63. The number of aliphatic hydroxyl groups is 5. The van der Waals surface area contributed by atoms with E-state index in [-0.39, 0.29) is 19.7 Å². The third-order valence-corrected chi connectivity index (χ3v) is 6.89. The average Bonchev–Trinajstić information content (AvgIpc) is 3.44. The fraction of sp³-hybridized carbons (Fsp3) is 1.00. The standard InChI is InChI=1S/C23H44N2O11/c1-2-3-4-5-6-7-8-31-22-19(30)20(36-23-18(29)16(27)13(10-25)34-23)14(35-22)11-32-21-17(28)15(26)12(9-24)33-21/h12-23,26-30H,2-11,24-25H2,1H3/t12-,13-,14-,15-,16-,17+,18+,19+,20-,21+,22+,23-/m1/s1. The fourth-order valence-corrected chi connectivity index (χ4v) is 4.64. The van der Waals surface area contributed by atoms with Crippen molar-refractivity contribution in [2.75, 3.05) is 26.3 Å². The van der Waals surface area contributed by atoms with Gasteiger partial charge in [-0.15, -0.1) is 0 Å². The van der Waals surface area contributed by atoms with Gasteiger partial charge in [0.05, 0.1) is 6.61 Å². The van der Waals surface area contributed by atoms with Crippen molar-refractivity contribution in [2.24, 2.45) is 11.5 Å². The third-order valence-electron chi connectivity index (χ3n) is 6.89. The van der Waals surface area contributed by atoms with Crippen LogP contribution in [0.4, 0.5) is 0 Å². The predicted octanol–water partition coefficient (Wildman–Crippen LogP) is -2.34. The molecule has 36 heavy (non-hydrogen) atoms. The van der Waals surface area contributed by atoms with Gasteiger partial charge in [0.15, 0.2) is 18.9 Å². The van der Waals surface area contributed by atoms with Crippen LogP contribution in [0.3, 0.4) is 0 Å². The number of hydrogen-bond acceptors (Lipinski definition) is 13. The maximum Gasteiger partial charge on any atom is 0.187 e. The SMILES string of the molecule is CCCCCCCCO[C@H]1O[C@H](CO[C@H]2O[C@H](CN)[C@@H](O)[C@@H]2O)[C@@H](O[C@H]2O[C@H](CN)[C@@H](O)[C@@H]2O)[C@@H]1O. The normalized spacial score (nSPS) is 43.0. The van der Waals surface area contributed by atoms with Gasteiger partial charge in [0, 0.05) is 19.7 Å². The first-order valence-corrected chi connectivity index (χ1v) is 13.0. The Balaban J connectivity index is 1.57. The molecular weight excluding hydrogens is 480 g/mol. The van der Waals surface area contributed by atoms with Gasteiger partial charge in [-0.25, -0.2) is 0 Å². The van der Waals surface area contributed by atoms with E-state index in [9.17, 15) is 25.5 Å². The molecule has 3 aliphatic rings. The van der Waals surface area contributed by atoms with Crippen LogP contribution in [0.15, 0.2) is 0 Å². The zero-order chi connectivity index (χ0) is 26.2. The summed E-state index contributed by atoms with van der Waals surface area (Å²) in [7, 11) is 0. The van der Waals surface area contributed by atoms with Gasteiger partial charge in [-0.2, -0.15) is 0 Å². The average molecular weight is 525 g/mol. The molecular formula is C23H44N2O11. The van der Waals surface area contributed by atoms with Gasteiger partial charge in [0.2, 0.25) is 0 Å². The Bertz CT molecular complexity index is 635. The molecule has 12 atom stereocenters. The molecule has 0 spiro atoms. The van der Waals surface area contributed by atoms with E-state index in [0.717, 1.165) is 19.3 Å². The minimum atomic E-state index is -1.38. The number of rotatable bonds is 15. The fourth-order valence-electron chi connectivity index (χ4n) is 4.64. The Kier molecular flexibility index (Phi) is 12.2. The van der Waals surface area contributed by atoms with Crippen molar-refractivity contribution < 1.29 is 54.0 Å². The highest BCUT2D eigenvalue weighted by atomic mass is 16.8. The van der Waals surface area contributed by atoms with Gasteiger partial charge < -0.3 is 65.4 Å². The molecule has 0 aromatic rings. The number of hydrogen-bond donors (Lipinski definition) is 7. The lowest BCUT2D eigenvalue weighted by molar-refractivity contribution is -0.225. The third kappa shape index (κ3) is 7.32. The van der Waals surface area contributed by atoms with E-state index in [4.69, 9.17) is 39.9 Å². The molecule has 212 valence electrons. The zero-order valence-corrected chi connectivity index (χ0v) is 20.8. The largest absolute Gasteiger partial charge is 0.387 e. The summed E-state index contributed by atoms with van der Waals surface area (Å²) in [6.45, 7) is 2.30. The number of aliphatic hydroxyl groups excluding tert-OH is 5. The summed E-state index contributed by atoms with van der Waals surface area (Å²) in [5, 5.41) is 51.5. The summed E-state index contributed by atoms with van der Waals surface area (Å²) in [4.78, 5) is 0.